The van der Waals surface area contributed by atoms with Crippen LogP contribution >= 0.6 is 23.2 Å². The first kappa shape index (κ1) is 19.7. The number of nitrogens with zero attached hydrogens (tertiary/aromatic N) is 1. The fraction of sp³-hybridized carbons (Fsp3) is 0.300. The fourth-order valence-corrected chi connectivity index (χ4v) is 3.44. The standard InChI is InChI=1S/C20H21Cl2N3O2/c21-17-7-6-14(12-18(17)22)13-25-10-8-16(9-11-25)23-20(27)24-19(26)15-4-2-1-3-5-15/h1-7,12,16H,8-11,13H2,(H2,23,24,26,27). The topological polar surface area (TPSA) is 61.4 Å². The number of carbonyl (C=O) groups excluding carboxylic acids is 2. The fourth-order valence-electron chi connectivity index (χ4n) is 3.12. The predicted octanol–water partition coefficient (Wildman–Crippen LogP) is 4.10. The highest BCUT2D eigenvalue weighted by Crippen LogP contribution is 2.24. The molecule has 1 saturated heterocycles. The largest absolute Gasteiger partial charge is 0.335 e. The number of hydrogen-bond donors (Lipinski definition) is 2. The molecule has 0 saturated carbocycles. The van der Waals surface area contributed by atoms with E-state index in [0.717, 1.165) is 38.0 Å². The second-order valence-corrected chi connectivity index (χ2v) is 7.41. The Morgan fingerprint density at radius 3 is 2.37 bits per heavy atom. The Bertz CT molecular complexity index is 806. The second-order valence-electron chi connectivity index (χ2n) is 6.59. The number of piperidine rings is 1. The molecule has 2 aromatic rings. The van der Waals surface area contributed by atoms with Gasteiger partial charge in [-0.3, -0.25) is 15.0 Å². The molecule has 1 heterocycles. The lowest BCUT2D eigenvalue weighted by molar-refractivity contribution is 0.0962. The highest BCUT2D eigenvalue weighted by molar-refractivity contribution is 6.42. The summed E-state index contributed by atoms with van der Waals surface area (Å²) in [5, 5.41) is 6.38. The monoisotopic (exact) mass is 405 g/mol. The normalized spacial score (nSPS) is 15.3. The smallest absolute Gasteiger partial charge is 0.321 e. The highest BCUT2D eigenvalue weighted by Gasteiger charge is 2.21. The molecule has 0 atom stereocenters. The number of rotatable bonds is 4. The quantitative estimate of drug-likeness (QED) is 0.804. The van der Waals surface area contributed by atoms with E-state index in [-0.39, 0.29) is 6.04 Å². The number of halogens is 2. The van der Waals surface area contributed by atoms with Crippen LogP contribution < -0.4 is 10.6 Å². The summed E-state index contributed by atoms with van der Waals surface area (Å²) in [4.78, 5) is 26.4. The van der Waals surface area contributed by atoms with Crippen LogP contribution in [-0.4, -0.2) is 36.0 Å². The molecule has 0 aliphatic carbocycles. The molecule has 142 valence electrons. The van der Waals surface area contributed by atoms with Gasteiger partial charge in [0.2, 0.25) is 0 Å². The van der Waals surface area contributed by atoms with E-state index in [1.54, 1.807) is 24.3 Å². The lowest BCUT2D eigenvalue weighted by Crippen LogP contribution is -2.49. The Labute approximate surface area is 168 Å². The molecular weight excluding hydrogens is 385 g/mol. The Morgan fingerprint density at radius 1 is 1.00 bits per heavy atom. The van der Waals surface area contributed by atoms with Crippen molar-refractivity contribution in [3.05, 3.63) is 69.7 Å². The van der Waals surface area contributed by atoms with E-state index in [1.165, 1.54) is 0 Å². The second kappa shape index (κ2) is 9.22. The van der Waals surface area contributed by atoms with Crippen LogP contribution in [0.1, 0.15) is 28.8 Å². The molecule has 3 rings (SSSR count). The average molecular weight is 406 g/mol. The summed E-state index contributed by atoms with van der Waals surface area (Å²) in [5.41, 5.74) is 1.58. The van der Waals surface area contributed by atoms with Crippen molar-refractivity contribution < 1.29 is 9.59 Å². The lowest BCUT2D eigenvalue weighted by atomic mass is 10.0. The number of urea groups is 1. The third-order valence-electron chi connectivity index (χ3n) is 4.58. The zero-order valence-corrected chi connectivity index (χ0v) is 16.3. The number of imide groups is 1. The molecule has 27 heavy (non-hydrogen) atoms. The van der Waals surface area contributed by atoms with Gasteiger partial charge in [-0.15, -0.1) is 0 Å². The minimum atomic E-state index is -0.452. The Balaban J connectivity index is 1.43. The molecular formula is C20H21Cl2N3O2. The summed E-state index contributed by atoms with van der Waals surface area (Å²) in [6.07, 6.45) is 1.66. The molecule has 7 heteroatoms. The maximum absolute atomic E-state index is 12.1. The van der Waals surface area contributed by atoms with Crippen LogP contribution in [0.25, 0.3) is 0 Å². The molecule has 2 aromatic carbocycles. The number of likely N-dealkylation sites (tertiary alicyclic amines) is 1. The van der Waals surface area contributed by atoms with Crippen molar-refractivity contribution in [2.24, 2.45) is 0 Å². The molecule has 1 fully saturated rings. The van der Waals surface area contributed by atoms with E-state index in [2.05, 4.69) is 15.5 Å². The molecule has 0 spiro atoms. The lowest BCUT2D eigenvalue weighted by Gasteiger charge is -2.32. The van der Waals surface area contributed by atoms with E-state index < -0.39 is 11.9 Å². The molecule has 3 amide bonds. The summed E-state index contributed by atoms with van der Waals surface area (Å²) < 4.78 is 0. The Kier molecular flexibility index (Phi) is 6.72. The first-order valence-electron chi connectivity index (χ1n) is 8.84. The van der Waals surface area contributed by atoms with Crippen LogP contribution in [0.4, 0.5) is 4.79 Å². The minimum Gasteiger partial charge on any atom is -0.335 e. The van der Waals surface area contributed by atoms with E-state index in [9.17, 15) is 9.59 Å². The summed E-state index contributed by atoms with van der Waals surface area (Å²) in [6.45, 7) is 2.51. The van der Waals surface area contributed by atoms with Crippen molar-refractivity contribution >= 4 is 35.1 Å². The summed E-state index contributed by atoms with van der Waals surface area (Å²) in [7, 11) is 0. The van der Waals surface area contributed by atoms with E-state index in [0.29, 0.717) is 15.6 Å². The number of hydrogen-bond acceptors (Lipinski definition) is 3. The number of nitrogens with one attached hydrogen (secondary N) is 2. The zero-order valence-electron chi connectivity index (χ0n) is 14.8. The highest BCUT2D eigenvalue weighted by atomic mass is 35.5. The van der Waals surface area contributed by atoms with Crippen molar-refractivity contribution in [1.29, 1.82) is 0 Å². The van der Waals surface area contributed by atoms with Gasteiger partial charge in [-0.2, -0.15) is 0 Å². The average Bonchev–Trinajstić information content (AvgIpc) is 2.67. The summed E-state index contributed by atoms with van der Waals surface area (Å²) in [6, 6.07) is 14.0. The van der Waals surface area contributed by atoms with Crippen molar-refractivity contribution in [3.63, 3.8) is 0 Å². The third kappa shape index (κ3) is 5.70. The SMILES string of the molecule is O=C(NC(=O)c1ccccc1)NC1CCN(Cc2ccc(Cl)c(Cl)c2)CC1. The van der Waals surface area contributed by atoms with Gasteiger partial charge in [-0.1, -0.05) is 47.5 Å². The number of amides is 3. The molecule has 1 aliphatic rings. The van der Waals surface area contributed by atoms with Crippen LogP contribution in [0.5, 0.6) is 0 Å². The zero-order chi connectivity index (χ0) is 19.2. The third-order valence-corrected chi connectivity index (χ3v) is 5.32. The van der Waals surface area contributed by atoms with Gasteiger partial charge in [-0.25, -0.2) is 4.79 Å². The van der Waals surface area contributed by atoms with Gasteiger partial charge in [0.25, 0.3) is 5.91 Å². The summed E-state index contributed by atoms with van der Waals surface area (Å²) in [5.74, 6) is -0.398. The van der Waals surface area contributed by atoms with Gasteiger partial charge in [0, 0.05) is 31.2 Å². The van der Waals surface area contributed by atoms with Crippen LogP contribution in [0.15, 0.2) is 48.5 Å². The molecule has 0 radical (unpaired) electrons. The molecule has 0 bridgehead atoms. The van der Waals surface area contributed by atoms with Crippen molar-refractivity contribution in [3.8, 4) is 0 Å². The van der Waals surface area contributed by atoms with Crippen molar-refractivity contribution in [1.82, 2.24) is 15.5 Å². The van der Waals surface area contributed by atoms with Crippen LogP contribution in [0, 0.1) is 0 Å². The van der Waals surface area contributed by atoms with E-state index in [1.807, 2.05) is 24.3 Å². The van der Waals surface area contributed by atoms with E-state index >= 15 is 0 Å². The summed E-state index contributed by atoms with van der Waals surface area (Å²) >= 11 is 12.0. The number of carbonyl (C=O) groups is 2. The van der Waals surface area contributed by atoms with Crippen LogP contribution in [0.3, 0.4) is 0 Å². The first-order chi connectivity index (χ1) is 13.0. The molecule has 0 unspecified atom stereocenters. The van der Waals surface area contributed by atoms with Crippen molar-refractivity contribution in [2.45, 2.75) is 25.4 Å². The minimum absolute atomic E-state index is 0.0543. The van der Waals surface area contributed by atoms with Crippen molar-refractivity contribution in [2.75, 3.05) is 13.1 Å². The van der Waals surface area contributed by atoms with Gasteiger partial charge < -0.3 is 5.32 Å². The number of benzene rings is 2. The first-order valence-corrected chi connectivity index (χ1v) is 9.60. The molecule has 2 N–H and O–H groups in total. The van der Waals surface area contributed by atoms with Gasteiger partial charge in [0.15, 0.2) is 0 Å². The van der Waals surface area contributed by atoms with Gasteiger partial charge in [0.05, 0.1) is 10.0 Å². The van der Waals surface area contributed by atoms with Gasteiger partial charge >= 0.3 is 6.03 Å². The molecule has 0 aromatic heterocycles. The van der Waals surface area contributed by atoms with Gasteiger partial charge in [0.1, 0.15) is 0 Å². The van der Waals surface area contributed by atoms with Crippen LogP contribution in [-0.2, 0) is 6.54 Å². The predicted molar refractivity (Wildman–Crippen MR) is 107 cm³/mol. The van der Waals surface area contributed by atoms with E-state index in [4.69, 9.17) is 23.2 Å². The Morgan fingerprint density at radius 2 is 1.70 bits per heavy atom. The Hall–Kier alpha value is -2.08. The maximum atomic E-state index is 12.1. The maximum Gasteiger partial charge on any atom is 0.321 e. The van der Waals surface area contributed by atoms with Crippen LogP contribution in [0.2, 0.25) is 10.0 Å². The van der Waals surface area contributed by atoms with Gasteiger partial charge in [-0.05, 0) is 42.7 Å². The molecule has 5 nitrogen and oxygen atoms in total. The molecule has 1 aliphatic heterocycles.